The molecule has 0 saturated carbocycles. The fourth-order valence-corrected chi connectivity index (χ4v) is 2.27. The van der Waals surface area contributed by atoms with Crippen molar-refractivity contribution in [1.82, 2.24) is 0 Å². The van der Waals surface area contributed by atoms with E-state index in [1.165, 1.54) is 5.56 Å². The summed E-state index contributed by atoms with van der Waals surface area (Å²) in [7, 11) is 1.66. The van der Waals surface area contributed by atoms with Crippen LogP contribution in [-0.4, -0.2) is 13.7 Å². The van der Waals surface area contributed by atoms with Crippen LogP contribution in [0.3, 0.4) is 0 Å². The zero-order chi connectivity index (χ0) is 13.0. The van der Waals surface area contributed by atoms with Gasteiger partial charge in [0.15, 0.2) is 0 Å². The van der Waals surface area contributed by atoms with E-state index in [-0.39, 0.29) is 0 Å². The Kier molecular flexibility index (Phi) is 5.29. The molecular formula is C14H22ClNO. The monoisotopic (exact) mass is 255 g/mol. The van der Waals surface area contributed by atoms with Gasteiger partial charge in [0.25, 0.3) is 0 Å². The maximum absolute atomic E-state index is 6.27. The van der Waals surface area contributed by atoms with Gasteiger partial charge in [0.1, 0.15) is 5.75 Å². The molecule has 0 fully saturated rings. The van der Waals surface area contributed by atoms with E-state index in [1.54, 1.807) is 7.11 Å². The van der Waals surface area contributed by atoms with Crippen molar-refractivity contribution in [1.29, 1.82) is 0 Å². The molecule has 0 saturated heterocycles. The van der Waals surface area contributed by atoms with Gasteiger partial charge in [-0.2, -0.15) is 0 Å². The first kappa shape index (κ1) is 14.3. The Morgan fingerprint density at radius 2 is 1.94 bits per heavy atom. The number of nitrogens with two attached hydrogens (primary N) is 1. The van der Waals surface area contributed by atoms with Crippen molar-refractivity contribution in [2.45, 2.75) is 39.0 Å². The summed E-state index contributed by atoms with van der Waals surface area (Å²) >= 11 is 6.27. The van der Waals surface area contributed by atoms with E-state index >= 15 is 0 Å². The Morgan fingerprint density at radius 1 is 1.29 bits per heavy atom. The summed E-state index contributed by atoms with van der Waals surface area (Å²) < 4.78 is 5.41. The van der Waals surface area contributed by atoms with Gasteiger partial charge in [0.05, 0.1) is 12.1 Å². The molecule has 96 valence electrons. The Hall–Kier alpha value is -0.730. The first-order valence-corrected chi connectivity index (χ1v) is 6.46. The van der Waals surface area contributed by atoms with Gasteiger partial charge < -0.3 is 10.5 Å². The third-order valence-electron chi connectivity index (χ3n) is 3.10. The van der Waals surface area contributed by atoms with Crippen molar-refractivity contribution >= 4 is 11.6 Å². The maximum Gasteiger partial charge on any atom is 0.140 e. The van der Waals surface area contributed by atoms with Gasteiger partial charge in [-0.25, -0.2) is 0 Å². The lowest BCUT2D eigenvalue weighted by molar-refractivity contribution is 0.405. The third-order valence-corrected chi connectivity index (χ3v) is 3.38. The second-order valence-corrected chi connectivity index (χ2v) is 5.17. The van der Waals surface area contributed by atoms with Crippen molar-refractivity contribution in [2.75, 3.05) is 13.7 Å². The van der Waals surface area contributed by atoms with Crippen LogP contribution in [0.1, 0.15) is 50.2 Å². The molecule has 1 rings (SSSR count). The normalized spacial score (nSPS) is 12.9. The molecule has 3 heteroatoms. The lowest BCUT2D eigenvalue weighted by atomic mass is 9.92. The molecule has 0 heterocycles. The number of methoxy groups -OCH3 is 1. The van der Waals surface area contributed by atoms with Crippen LogP contribution in [-0.2, 0) is 0 Å². The Labute approximate surface area is 109 Å². The van der Waals surface area contributed by atoms with Crippen LogP contribution in [0.4, 0.5) is 0 Å². The number of rotatable bonds is 5. The minimum atomic E-state index is 0.367. The lowest BCUT2D eigenvalue weighted by Crippen LogP contribution is -2.07. The van der Waals surface area contributed by atoms with Gasteiger partial charge in [0, 0.05) is 0 Å². The van der Waals surface area contributed by atoms with Crippen LogP contribution in [0.15, 0.2) is 12.1 Å². The third kappa shape index (κ3) is 3.36. The van der Waals surface area contributed by atoms with Crippen LogP contribution in [0.25, 0.3) is 0 Å². The first-order valence-electron chi connectivity index (χ1n) is 6.08. The predicted octanol–water partition coefficient (Wildman–Crippen LogP) is 3.92. The van der Waals surface area contributed by atoms with Crippen LogP contribution in [0.5, 0.6) is 5.75 Å². The number of halogens is 1. The van der Waals surface area contributed by atoms with Gasteiger partial charge in [-0.3, -0.25) is 0 Å². The molecule has 17 heavy (non-hydrogen) atoms. The summed E-state index contributed by atoms with van der Waals surface area (Å²) in [6.07, 6.45) is 0.939. The molecule has 0 aromatic heterocycles. The van der Waals surface area contributed by atoms with Crippen LogP contribution in [0, 0.1) is 0 Å². The second kappa shape index (κ2) is 6.27. The van der Waals surface area contributed by atoms with E-state index in [4.69, 9.17) is 22.1 Å². The fraction of sp³-hybridized carbons (Fsp3) is 0.571. The summed E-state index contributed by atoms with van der Waals surface area (Å²) in [5, 5.41) is 0.692. The Balaban J connectivity index is 3.23. The highest BCUT2D eigenvalue weighted by Gasteiger charge is 2.16. The van der Waals surface area contributed by atoms with E-state index in [9.17, 15) is 0 Å². The molecule has 0 amide bonds. The largest absolute Gasteiger partial charge is 0.495 e. The number of ether oxygens (including phenoxy) is 1. The molecule has 2 nitrogen and oxygen atoms in total. The van der Waals surface area contributed by atoms with Crippen molar-refractivity contribution in [3.8, 4) is 5.75 Å². The number of benzene rings is 1. The average Bonchev–Trinajstić information content (AvgIpc) is 2.28. The molecular weight excluding hydrogens is 234 g/mol. The molecule has 1 aromatic carbocycles. The number of hydrogen-bond donors (Lipinski definition) is 1. The molecule has 0 radical (unpaired) electrons. The van der Waals surface area contributed by atoms with E-state index in [1.807, 2.05) is 6.07 Å². The summed E-state index contributed by atoms with van der Waals surface area (Å²) in [5.74, 6) is 1.62. The highest BCUT2D eigenvalue weighted by molar-refractivity contribution is 6.32. The van der Waals surface area contributed by atoms with E-state index in [0.717, 1.165) is 17.7 Å². The van der Waals surface area contributed by atoms with E-state index < -0.39 is 0 Å². The van der Waals surface area contributed by atoms with Gasteiger partial charge in [-0.1, -0.05) is 38.4 Å². The Bertz CT molecular complexity index is 377. The standard InChI is InChI=1S/C14H22ClNO/c1-9(2)11-7-12(10(3)5-6-16)14(17-4)13(15)8-11/h7-10H,5-6,16H2,1-4H3. The zero-order valence-electron chi connectivity index (χ0n) is 11.1. The minimum Gasteiger partial charge on any atom is -0.495 e. The molecule has 0 spiro atoms. The summed E-state index contributed by atoms with van der Waals surface area (Å²) in [6, 6.07) is 4.18. The van der Waals surface area contributed by atoms with Gasteiger partial charge in [0.2, 0.25) is 0 Å². The van der Waals surface area contributed by atoms with Crippen molar-refractivity contribution in [3.63, 3.8) is 0 Å². The van der Waals surface area contributed by atoms with Crippen molar-refractivity contribution in [2.24, 2.45) is 5.73 Å². The molecule has 1 aromatic rings. The number of hydrogen-bond acceptors (Lipinski definition) is 2. The highest BCUT2D eigenvalue weighted by Crippen LogP contribution is 2.37. The highest BCUT2D eigenvalue weighted by atomic mass is 35.5. The first-order chi connectivity index (χ1) is 8.01. The second-order valence-electron chi connectivity index (χ2n) is 4.76. The summed E-state index contributed by atoms with van der Waals surface area (Å²) in [4.78, 5) is 0. The van der Waals surface area contributed by atoms with Crippen LogP contribution < -0.4 is 10.5 Å². The molecule has 0 aliphatic carbocycles. The minimum absolute atomic E-state index is 0.367. The lowest BCUT2D eigenvalue weighted by Gasteiger charge is -2.19. The van der Waals surface area contributed by atoms with Crippen LogP contribution in [0.2, 0.25) is 5.02 Å². The van der Waals surface area contributed by atoms with Gasteiger partial charge >= 0.3 is 0 Å². The van der Waals surface area contributed by atoms with Crippen molar-refractivity contribution in [3.05, 3.63) is 28.3 Å². The topological polar surface area (TPSA) is 35.2 Å². The quantitative estimate of drug-likeness (QED) is 0.865. The predicted molar refractivity (Wildman–Crippen MR) is 74.2 cm³/mol. The SMILES string of the molecule is COc1c(Cl)cc(C(C)C)cc1C(C)CCN. The van der Waals surface area contributed by atoms with Crippen molar-refractivity contribution < 1.29 is 4.74 Å². The summed E-state index contributed by atoms with van der Waals surface area (Å²) in [6.45, 7) is 7.16. The zero-order valence-corrected chi connectivity index (χ0v) is 11.8. The Morgan fingerprint density at radius 3 is 2.41 bits per heavy atom. The van der Waals surface area contributed by atoms with Crippen LogP contribution >= 0.6 is 11.6 Å². The molecule has 1 atom stereocenters. The molecule has 1 unspecified atom stereocenters. The molecule has 0 aliphatic heterocycles. The van der Waals surface area contributed by atoms with E-state index in [0.29, 0.717) is 23.4 Å². The molecule has 0 bridgehead atoms. The van der Waals surface area contributed by atoms with Gasteiger partial charge in [-0.05, 0) is 42.0 Å². The van der Waals surface area contributed by atoms with E-state index in [2.05, 4.69) is 26.8 Å². The maximum atomic E-state index is 6.27. The van der Waals surface area contributed by atoms with Gasteiger partial charge in [-0.15, -0.1) is 0 Å². The molecule has 0 aliphatic rings. The average molecular weight is 256 g/mol. The fourth-order valence-electron chi connectivity index (χ4n) is 1.96. The summed E-state index contributed by atoms with van der Waals surface area (Å²) in [5.41, 5.74) is 8.03. The molecule has 2 N–H and O–H groups in total. The smallest absolute Gasteiger partial charge is 0.140 e.